The van der Waals surface area contributed by atoms with Crippen LogP contribution in [0.2, 0.25) is 0 Å². The zero-order chi connectivity index (χ0) is 17.3. The van der Waals surface area contributed by atoms with Crippen molar-refractivity contribution in [1.82, 2.24) is 4.57 Å². The molecule has 0 saturated heterocycles. The molecule has 5 heteroatoms. The fraction of sp³-hybridized carbons (Fsp3) is 0.316. The Hall–Kier alpha value is -1.85. The van der Waals surface area contributed by atoms with Crippen molar-refractivity contribution < 1.29 is 14.4 Å². The average Bonchev–Trinajstić information content (AvgIpc) is 2.83. The summed E-state index contributed by atoms with van der Waals surface area (Å²) in [5.41, 5.74) is 4.82. The average molecular weight is 390 g/mol. The molecule has 0 spiro atoms. The van der Waals surface area contributed by atoms with E-state index in [-0.39, 0.29) is 6.61 Å². The number of aliphatic hydroxyl groups is 1. The molecular weight excluding hydrogens is 368 g/mol. The van der Waals surface area contributed by atoms with E-state index >= 15 is 0 Å². The lowest BCUT2D eigenvalue weighted by Crippen LogP contribution is -2.27. The summed E-state index contributed by atoms with van der Waals surface area (Å²) < 4.78 is 10.8. The number of rotatable bonds is 5. The van der Waals surface area contributed by atoms with Gasteiger partial charge >= 0.3 is 0 Å². The molecule has 1 heterocycles. The van der Waals surface area contributed by atoms with E-state index in [1.165, 1.54) is 16.6 Å². The molecule has 1 N–H and O–H groups in total. The first kappa shape index (κ1) is 17.0. The summed E-state index contributed by atoms with van der Waals surface area (Å²) in [5.74, 6) is 0.756. The lowest BCUT2D eigenvalue weighted by atomic mass is 10.1. The minimum Gasteiger partial charge on any atom is -0.491 e. The van der Waals surface area contributed by atoms with E-state index in [2.05, 4.69) is 51.0 Å². The highest BCUT2D eigenvalue weighted by atomic mass is 79.9. The van der Waals surface area contributed by atoms with Gasteiger partial charge in [0.1, 0.15) is 25.0 Å². The van der Waals surface area contributed by atoms with Gasteiger partial charge in [-0.1, -0.05) is 15.9 Å². The number of hydrogen-bond acceptors (Lipinski definition) is 2. The summed E-state index contributed by atoms with van der Waals surface area (Å²) in [6.07, 6.45) is 1.44. The Kier molecular flexibility index (Phi) is 4.92. The van der Waals surface area contributed by atoms with Crippen molar-refractivity contribution in [3.63, 3.8) is 0 Å². The van der Waals surface area contributed by atoms with Crippen LogP contribution in [0.1, 0.15) is 11.1 Å². The molecule has 0 aliphatic heterocycles. The van der Waals surface area contributed by atoms with E-state index in [4.69, 9.17) is 4.74 Å². The van der Waals surface area contributed by atoms with Gasteiger partial charge in [0.25, 0.3) is 0 Å². The Labute approximate surface area is 150 Å². The van der Waals surface area contributed by atoms with E-state index in [9.17, 15) is 5.11 Å². The number of hydrogen-bond donors (Lipinski definition) is 1. The summed E-state index contributed by atoms with van der Waals surface area (Å²) in [7, 11) is 2.03. The minimum absolute atomic E-state index is 0.260. The van der Waals surface area contributed by atoms with Crippen LogP contribution in [0.5, 0.6) is 5.75 Å². The first-order valence-electron chi connectivity index (χ1n) is 7.96. The maximum Gasteiger partial charge on any atom is 0.244 e. The van der Waals surface area contributed by atoms with Gasteiger partial charge in [0, 0.05) is 4.47 Å². The first-order chi connectivity index (χ1) is 11.4. The van der Waals surface area contributed by atoms with Crippen molar-refractivity contribution in [1.29, 1.82) is 0 Å². The van der Waals surface area contributed by atoms with Crippen LogP contribution in [0, 0.1) is 13.8 Å². The zero-order valence-electron chi connectivity index (χ0n) is 14.2. The van der Waals surface area contributed by atoms with E-state index in [0.717, 1.165) is 15.7 Å². The summed E-state index contributed by atoms with van der Waals surface area (Å²) in [5, 5.41) is 10.3. The molecule has 1 atom stereocenters. The quantitative estimate of drug-likeness (QED) is 0.679. The molecule has 0 radical (unpaired) electrons. The Morgan fingerprint density at radius 2 is 1.83 bits per heavy atom. The van der Waals surface area contributed by atoms with Gasteiger partial charge in [-0.15, -0.1) is 0 Å². The molecule has 0 saturated carbocycles. The highest BCUT2D eigenvalue weighted by molar-refractivity contribution is 9.10. The molecule has 0 aliphatic carbocycles. The van der Waals surface area contributed by atoms with E-state index in [0.29, 0.717) is 6.54 Å². The third-order valence-electron chi connectivity index (χ3n) is 4.26. The largest absolute Gasteiger partial charge is 0.491 e. The van der Waals surface area contributed by atoms with Gasteiger partial charge in [0.15, 0.2) is 11.0 Å². The van der Waals surface area contributed by atoms with Gasteiger partial charge in [0.05, 0.1) is 7.05 Å². The Morgan fingerprint density at radius 1 is 1.17 bits per heavy atom. The number of nitrogens with zero attached hydrogens (tertiary/aromatic N) is 2. The molecule has 1 aromatic heterocycles. The summed E-state index contributed by atoms with van der Waals surface area (Å²) in [4.78, 5) is 0. The van der Waals surface area contributed by atoms with Crippen LogP contribution in [-0.4, -0.2) is 22.4 Å². The van der Waals surface area contributed by atoms with Gasteiger partial charge in [-0.2, -0.15) is 0 Å². The lowest BCUT2D eigenvalue weighted by Gasteiger charge is -2.11. The summed E-state index contributed by atoms with van der Waals surface area (Å²) >= 11 is 3.40. The smallest absolute Gasteiger partial charge is 0.244 e. The third kappa shape index (κ3) is 3.62. The van der Waals surface area contributed by atoms with E-state index < -0.39 is 6.10 Å². The van der Waals surface area contributed by atoms with Gasteiger partial charge in [-0.25, -0.2) is 9.13 Å². The number of aliphatic hydroxyl groups excluding tert-OH is 1. The Morgan fingerprint density at radius 3 is 2.54 bits per heavy atom. The molecule has 0 bridgehead atoms. The highest BCUT2D eigenvalue weighted by Gasteiger charge is 2.18. The predicted molar refractivity (Wildman–Crippen MR) is 98.2 cm³/mol. The van der Waals surface area contributed by atoms with Gasteiger partial charge in [-0.05, 0) is 61.4 Å². The second kappa shape index (κ2) is 6.95. The van der Waals surface area contributed by atoms with Crippen molar-refractivity contribution in [2.24, 2.45) is 7.05 Å². The molecule has 24 heavy (non-hydrogen) atoms. The molecule has 0 fully saturated rings. The number of aromatic nitrogens is 2. The maximum absolute atomic E-state index is 10.3. The normalized spacial score (nSPS) is 12.5. The predicted octanol–water partition coefficient (Wildman–Crippen LogP) is 3.29. The molecule has 4 nitrogen and oxygen atoms in total. The fourth-order valence-electron chi connectivity index (χ4n) is 2.78. The molecule has 3 aromatic rings. The molecule has 126 valence electrons. The van der Waals surface area contributed by atoms with Crippen molar-refractivity contribution in [2.75, 3.05) is 6.61 Å². The van der Waals surface area contributed by atoms with Gasteiger partial charge < -0.3 is 9.84 Å². The van der Waals surface area contributed by atoms with E-state index in [1.807, 2.05) is 37.6 Å². The number of ether oxygens (including phenoxy) is 1. The third-order valence-corrected chi connectivity index (χ3v) is 4.79. The Bertz CT molecular complexity index is 856. The van der Waals surface area contributed by atoms with Crippen molar-refractivity contribution in [3.05, 3.63) is 58.3 Å². The number of benzene rings is 2. The number of imidazole rings is 1. The second-order valence-electron chi connectivity index (χ2n) is 6.22. The lowest BCUT2D eigenvalue weighted by molar-refractivity contribution is -0.645. The van der Waals surface area contributed by atoms with Crippen LogP contribution in [0.4, 0.5) is 0 Å². The van der Waals surface area contributed by atoms with Crippen LogP contribution in [0.3, 0.4) is 0 Å². The Balaban J connectivity index is 1.72. The van der Waals surface area contributed by atoms with Gasteiger partial charge in [0.2, 0.25) is 6.33 Å². The zero-order valence-corrected chi connectivity index (χ0v) is 15.7. The highest BCUT2D eigenvalue weighted by Crippen LogP contribution is 2.18. The molecular formula is C19H22BrN2O2+. The topological polar surface area (TPSA) is 38.3 Å². The number of fused-ring (bicyclic) bond motifs is 1. The molecule has 0 aliphatic rings. The van der Waals surface area contributed by atoms with Crippen molar-refractivity contribution in [3.8, 4) is 5.75 Å². The molecule has 2 aromatic carbocycles. The monoisotopic (exact) mass is 389 g/mol. The van der Waals surface area contributed by atoms with Crippen LogP contribution in [0.15, 0.2) is 47.2 Å². The summed E-state index contributed by atoms with van der Waals surface area (Å²) in [6.45, 7) is 4.98. The second-order valence-corrected chi connectivity index (χ2v) is 7.14. The van der Waals surface area contributed by atoms with E-state index in [1.54, 1.807) is 0 Å². The van der Waals surface area contributed by atoms with Crippen LogP contribution in [0.25, 0.3) is 11.0 Å². The summed E-state index contributed by atoms with van der Waals surface area (Å²) in [6, 6.07) is 12.0. The van der Waals surface area contributed by atoms with Crippen LogP contribution < -0.4 is 9.30 Å². The molecule has 3 rings (SSSR count). The minimum atomic E-state index is -0.578. The van der Waals surface area contributed by atoms with Gasteiger partial charge in [-0.3, -0.25) is 0 Å². The van der Waals surface area contributed by atoms with Crippen molar-refractivity contribution in [2.45, 2.75) is 26.5 Å². The maximum atomic E-state index is 10.3. The molecule has 1 unspecified atom stereocenters. The molecule has 0 amide bonds. The number of halogens is 1. The SMILES string of the molecule is Cc1cc2c(cc1C)[n+](C)cn2CC(O)COc1ccc(Br)cc1. The first-order valence-corrected chi connectivity index (χ1v) is 8.75. The fourth-order valence-corrected chi connectivity index (χ4v) is 3.04. The standard InChI is InChI=1S/C19H22BrN2O2/c1-13-8-18-19(9-14(13)2)22(12-21(18)3)10-16(23)11-24-17-6-4-15(20)5-7-17/h4-9,12,16,23H,10-11H2,1-3H3/q+1. The van der Waals surface area contributed by atoms with Crippen LogP contribution >= 0.6 is 15.9 Å². The van der Waals surface area contributed by atoms with Crippen LogP contribution in [-0.2, 0) is 13.6 Å². The van der Waals surface area contributed by atoms with Crippen molar-refractivity contribution >= 4 is 27.0 Å². The number of aryl methyl sites for hydroxylation is 3.